The average molecular weight is 217 g/mol. The Hall–Kier alpha value is -1.39. The number of β-amino-alcohol motifs (C(OH)–C–C–N with tert-alkyl or cyclic N) is 1. The van der Waals surface area contributed by atoms with Crippen LogP contribution in [0, 0.1) is 0 Å². The SMILES string of the molecule is CC1(O)CN(Cc2cn3ccccc3n2)C1. The smallest absolute Gasteiger partial charge is 0.137 e. The lowest BCUT2D eigenvalue weighted by Crippen LogP contribution is -2.59. The maximum absolute atomic E-state index is 9.63. The first kappa shape index (κ1) is 9.81. The Kier molecular flexibility index (Phi) is 2.02. The van der Waals surface area contributed by atoms with Gasteiger partial charge in [-0.05, 0) is 19.1 Å². The Bertz CT molecular complexity index is 477. The van der Waals surface area contributed by atoms with Crippen LogP contribution in [0.5, 0.6) is 0 Å². The molecule has 0 atom stereocenters. The normalized spacial score (nSPS) is 19.9. The van der Waals surface area contributed by atoms with Crippen LogP contribution < -0.4 is 0 Å². The van der Waals surface area contributed by atoms with Gasteiger partial charge in [-0.1, -0.05) is 6.07 Å². The zero-order chi connectivity index (χ0) is 11.2. The summed E-state index contributed by atoms with van der Waals surface area (Å²) in [5.74, 6) is 0. The topological polar surface area (TPSA) is 40.8 Å². The first-order valence-corrected chi connectivity index (χ1v) is 5.50. The van der Waals surface area contributed by atoms with Gasteiger partial charge in [-0.15, -0.1) is 0 Å². The van der Waals surface area contributed by atoms with Crippen molar-refractivity contribution in [3.05, 3.63) is 36.3 Å². The van der Waals surface area contributed by atoms with Crippen LogP contribution in [0.4, 0.5) is 0 Å². The minimum absolute atomic E-state index is 0.501. The Morgan fingerprint density at radius 2 is 2.25 bits per heavy atom. The van der Waals surface area contributed by atoms with Crippen molar-refractivity contribution in [3.8, 4) is 0 Å². The Balaban J connectivity index is 1.76. The van der Waals surface area contributed by atoms with Crippen molar-refractivity contribution >= 4 is 5.65 Å². The van der Waals surface area contributed by atoms with E-state index >= 15 is 0 Å². The average Bonchev–Trinajstić information content (AvgIpc) is 2.56. The van der Waals surface area contributed by atoms with E-state index in [4.69, 9.17) is 0 Å². The van der Waals surface area contributed by atoms with Gasteiger partial charge in [0, 0.05) is 32.0 Å². The highest BCUT2D eigenvalue weighted by atomic mass is 16.3. The molecule has 0 aliphatic carbocycles. The summed E-state index contributed by atoms with van der Waals surface area (Å²) in [5.41, 5.74) is 1.53. The molecular weight excluding hydrogens is 202 g/mol. The number of pyridine rings is 1. The lowest BCUT2D eigenvalue weighted by molar-refractivity contribution is -0.0875. The fourth-order valence-corrected chi connectivity index (χ4v) is 2.32. The number of imidazole rings is 1. The van der Waals surface area contributed by atoms with Crippen molar-refractivity contribution in [1.29, 1.82) is 0 Å². The first-order valence-electron chi connectivity index (χ1n) is 5.50. The largest absolute Gasteiger partial charge is 0.388 e. The number of likely N-dealkylation sites (tertiary alicyclic amines) is 1. The van der Waals surface area contributed by atoms with Gasteiger partial charge in [0.2, 0.25) is 0 Å². The molecule has 0 saturated carbocycles. The first-order chi connectivity index (χ1) is 7.62. The lowest BCUT2D eigenvalue weighted by Gasteiger charge is -2.43. The summed E-state index contributed by atoms with van der Waals surface area (Å²) in [6, 6.07) is 5.98. The van der Waals surface area contributed by atoms with Crippen LogP contribution in [-0.4, -0.2) is 38.1 Å². The van der Waals surface area contributed by atoms with Crippen molar-refractivity contribution in [2.75, 3.05) is 13.1 Å². The molecule has 4 nitrogen and oxygen atoms in total. The summed E-state index contributed by atoms with van der Waals surface area (Å²) < 4.78 is 2.02. The molecule has 0 aromatic carbocycles. The minimum atomic E-state index is -0.501. The predicted molar refractivity (Wildman–Crippen MR) is 61.1 cm³/mol. The maximum atomic E-state index is 9.63. The van der Waals surface area contributed by atoms with Gasteiger partial charge >= 0.3 is 0 Å². The highest BCUT2D eigenvalue weighted by Crippen LogP contribution is 2.21. The fourth-order valence-electron chi connectivity index (χ4n) is 2.32. The number of fused-ring (bicyclic) bond motifs is 1. The second-order valence-corrected chi connectivity index (χ2v) is 4.84. The molecule has 16 heavy (non-hydrogen) atoms. The van der Waals surface area contributed by atoms with Crippen LogP contribution in [0.15, 0.2) is 30.6 Å². The monoisotopic (exact) mass is 217 g/mol. The molecule has 3 heterocycles. The number of rotatable bonds is 2. The molecule has 84 valence electrons. The minimum Gasteiger partial charge on any atom is -0.388 e. The molecular formula is C12H15N3O. The summed E-state index contributed by atoms with van der Waals surface area (Å²) >= 11 is 0. The van der Waals surface area contributed by atoms with E-state index in [1.54, 1.807) is 0 Å². The summed E-state index contributed by atoms with van der Waals surface area (Å²) in [7, 11) is 0. The van der Waals surface area contributed by atoms with Crippen LogP contribution in [0.2, 0.25) is 0 Å². The van der Waals surface area contributed by atoms with Gasteiger partial charge in [-0.3, -0.25) is 4.90 Å². The van der Waals surface area contributed by atoms with Crippen LogP contribution >= 0.6 is 0 Å². The molecule has 1 saturated heterocycles. The molecule has 3 rings (SSSR count). The van der Waals surface area contributed by atoms with Gasteiger partial charge in [0.1, 0.15) is 5.65 Å². The number of hydrogen-bond acceptors (Lipinski definition) is 3. The van der Waals surface area contributed by atoms with Gasteiger partial charge in [-0.2, -0.15) is 0 Å². The van der Waals surface area contributed by atoms with E-state index in [0.717, 1.165) is 31.0 Å². The van der Waals surface area contributed by atoms with Gasteiger partial charge < -0.3 is 9.51 Å². The number of aliphatic hydroxyl groups is 1. The predicted octanol–water partition coefficient (Wildman–Crippen LogP) is 0.901. The third kappa shape index (κ3) is 1.70. The number of aromatic nitrogens is 2. The second-order valence-electron chi connectivity index (χ2n) is 4.84. The van der Waals surface area contributed by atoms with Gasteiger partial charge in [0.15, 0.2) is 0 Å². The molecule has 1 aliphatic rings. The van der Waals surface area contributed by atoms with Crippen molar-refractivity contribution < 1.29 is 5.11 Å². The van der Waals surface area contributed by atoms with Crippen LogP contribution in [0.1, 0.15) is 12.6 Å². The molecule has 2 aromatic rings. The van der Waals surface area contributed by atoms with E-state index in [2.05, 4.69) is 9.88 Å². The number of hydrogen-bond donors (Lipinski definition) is 1. The van der Waals surface area contributed by atoms with E-state index in [0.29, 0.717) is 0 Å². The van der Waals surface area contributed by atoms with Gasteiger partial charge in [0.05, 0.1) is 11.3 Å². The highest BCUT2D eigenvalue weighted by Gasteiger charge is 2.36. The summed E-state index contributed by atoms with van der Waals surface area (Å²) in [6.07, 6.45) is 4.04. The van der Waals surface area contributed by atoms with Crippen molar-refractivity contribution in [1.82, 2.24) is 14.3 Å². The molecule has 4 heteroatoms. The van der Waals surface area contributed by atoms with Crippen molar-refractivity contribution in [3.63, 3.8) is 0 Å². The third-order valence-corrected chi connectivity index (χ3v) is 2.93. The molecule has 2 aromatic heterocycles. The second kappa shape index (κ2) is 3.30. The number of nitrogens with zero attached hydrogens (tertiary/aromatic N) is 3. The summed E-state index contributed by atoms with van der Waals surface area (Å²) in [4.78, 5) is 6.72. The van der Waals surface area contributed by atoms with Gasteiger partial charge in [0.25, 0.3) is 0 Å². The highest BCUT2D eigenvalue weighted by molar-refractivity contribution is 5.39. The fraction of sp³-hybridized carbons (Fsp3) is 0.417. The molecule has 0 amide bonds. The summed E-state index contributed by atoms with van der Waals surface area (Å²) in [6.45, 7) is 4.16. The quantitative estimate of drug-likeness (QED) is 0.812. The van der Waals surface area contributed by atoms with E-state index in [-0.39, 0.29) is 0 Å². The molecule has 0 bridgehead atoms. The zero-order valence-corrected chi connectivity index (χ0v) is 9.30. The van der Waals surface area contributed by atoms with E-state index in [1.807, 2.05) is 41.9 Å². The molecule has 0 unspecified atom stereocenters. The lowest BCUT2D eigenvalue weighted by atomic mass is 9.97. The van der Waals surface area contributed by atoms with Crippen molar-refractivity contribution in [2.45, 2.75) is 19.1 Å². The molecule has 1 N–H and O–H groups in total. The molecule has 1 aliphatic heterocycles. The zero-order valence-electron chi connectivity index (χ0n) is 9.30. The maximum Gasteiger partial charge on any atom is 0.137 e. The van der Waals surface area contributed by atoms with E-state index in [1.165, 1.54) is 0 Å². The third-order valence-electron chi connectivity index (χ3n) is 2.93. The van der Waals surface area contributed by atoms with Crippen LogP contribution in [0.25, 0.3) is 5.65 Å². The Morgan fingerprint density at radius 3 is 2.94 bits per heavy atom. The Morgan fingerprint density at radius 1 is 1.44 bits per heavy atom. The van der Waals surface area contributed by atoms with Crippen molar-refractivity contribution in [2.24, 2.45) is 0 Å². The Labute approximate surface area is 94.1 Å². The standard InChI is InChI=1S/C12H15N3O/c1-12(16)8-14(9-12)6-10-7-15-5-3-2-4-11(15)13-10/h2-5,7,16H,6,8-9H2,1H3. The molecule has 1 fully saturated rings. The van der Waals surface area contributed by atoms with Crippen LogP contribution in [-0.2, 0) is 6.54 Å². The van der Waals surface area contributed by atoms with E-state index < -0.39 is 5.60 Å². The van der Waals surface area contributed by atoms with Gasteiger partial charge in [-0.25, -0.2) is 4.98 Å². The summed E-state index contributed by atoms with van der Waals surface area (Å²) in [5, 5.41) is 9.63. The molecule has 0 spiro atoms. The van der Waals surface area contributed by atoms with E-state index in [9.17, 15) is 5.11 Å². The molecule has 0 radical (unpaired) electrons. The van der Waals surface area contributed by atoms with Crippen LogP contribution in [0.3, 0.4) is 0 Å².